The van der Waals surface area contributed by atoms with Crippen LogP contribution < -0.4 is 10.1 Å². The van der Waals surface area contributed by atoms with E-state index in [2.05, 4.69) is 17.3 Å². The van der Waals surface area contributed by atoms with Crippen LogP contribution in [0.2, 0.25) is 5.02 Å². The van der Waals surface area contributed by atoms with Crippen molar-refractivity contribution in [2.75, 3.05) is 33.4 Å². The average Bonchev–Trinajstić information content (AvgIpc) is 2.79. The summed E-state index contributed by atoms with van der Waals surface area (Å²) in [5, 5.41) is 3.51. The van der Waals surface area contributed by atoms with Crippen LogP contribution in [-0.2, 0) is 16.1 Å². The SMILES string of the molecule is CC(Sc1ccc(Cl)cc1)C(=O)NCc1cccc(OCCN(C)C2CCOCC2)c1. The van der Waals surface area contributed by atoms with Crippen LogP contribution in [0.25, 0.3) is 0 Å². The quantitative estimate of drug-likeness (QED) is 0.522. The zero-order chi connectivity index (χ0) is 22.1. The van der Waals surface area contributed by atoms with E-state index in [-0.39, 0.29) is 11.2 Å². The van der Waals surface area contributed by atoms with Gasteiger partial charge in [-0.1, -0.05) is 23.7 Å². The van der Waals surface area contributed by atoms with Crippen LogP contribution >= 0.6 is 23.4 Å². The number of carbonyl (C=O) groups is 1. The Morgan fingerprint density at radius 3 is 2.74 bits per heavy atom. The number of nitrogens with one attached hydrogen (secondary N) is 1. The summed E-state index contributed by atoms with van der Waals surface area (Å²) in [5.74, 6) is 0.833. The second-order valence-corrected chi connectivity index (χ2v) is 9.60. The molecule has 5 nitrogen and oxygen atoms in total. The van der Waals surface area contributed by atoms with E-state index < -0.39 is 0 Å². The van der Waals surface area contributed by atoms with Gasteiger partial charge in [-0.15, -0.1) is 11.8 Å². The minimum absolute atomic E-state index is 0.00403. The third kappa shape index (κ3) is 8.04. The molecule has 1 atom stereocenters. The van der Waals surface area contributed by atoms with Gasteiger partial charge in [-0.2, -0.15) is 0 Å². The second kappa shape index (κ2) is 12.3. The zero-order valence-electron chi connectivity index (χ0n) is 18.2. The van der Waals surface area contributed by atoms with E-state index in [1.165, 1.54) is 11.8 Å². The van der Waals surface area contributed by atoms with Crippen molar-refractivity contribution in [3.05, 3.63) is 59.1 Å². The lowest BCUT2D eigenvalue weighted by Gasteiger charge is -2.31. The molecule has 1 aliphatic rings. The van der Waals surface area contributed by atoms with Gasteiger partial charge in [0.25, 0.3) is 0 Å². The fraction of sp³-hybridized carbons (Fsp3) is 0.458. The molecule has 0 aromatic heterocycles. The largest absolute Gasteiger partial charge is 0.492 e. The van der Waals surface area contributed by atoms with Crippen LogP contribution in [0.5, 0.6) is 5.75 Å². The molecule has 1 amide bonds. The number of thioether (sulfide) groups is 1. The number of ether oxygens (including phenoxy) is 2. The number of benzene rings is 2. The number of halogens is 1. The number of hydrogen-bond acceptors (Lipinski definition) is 5. The smallest absolute Gasteiger partial charge is 0.233 e. The van der Waals surface area contributed by atoms with Crippen LogP contribution in [0.4, 0.5) is 0 Å². The van der Waals surface area contributed by atoms with Gasteiger partial charge in [0.1, 0.15) is 12.4 Å². The van der Waals surface area contributed by atoms with Gasteiger partial charge in [-0.05, 0) is 68.8 Å². The molecule has 168 valence electrons. The third-order valence-corrected chi connectivity index (χ3v) is 6.75. The van der Waals surface area contributed by atoms with Crippen LogP contribution in [-0.4, -0.2) is 55.5 Å². The van der Waals surface area contributed by atoms with Crippen LogP contribution in [0.15, 0.2) is 53.4 Å². The number of nitrogens with zero attached hydrogens (tertiary/aromatic N) is 1. The first kappa shape index (κ1) is 23.9. The average molecular weight is 463 g/mol. The summed E-state index contributed by atoms with van der Waals surface area (Å²) >= 11 is 7.43. The van der Waals surface area contributed by atoms with Crippen molar-refractivity contribution >= 4 is 29.3 Å². The highest BCUT2D eigenvalue weighted by Crippen LogP contribution is 2.25. The minimum atomic E-state index is -0.193. The summed E-state index contributed by atoms with van der Waals surface area (Å²) in [5.41, 5.74) is 1.02. The highest BCUT2D eigenvalue weighted by Gasteiger charge is 2.18. The lowest BCUT2D eigenvalue weighted by Crippen LogP contribution is -2.38. The van der Waals surface area contributed by atoms with E-state index in [9.17, 15) is 4.79 Å². The summed E-state index contributed by atoms with van der Waals surface area (Å²) < 4.78 is 11.4. The Hall–Kier alpha value is -1.73. The molecular formula is C24H31ClN2O3S. The van der Waals surface area contributed by atoms with Crippen LogP contribution in [0, 0.1) is 0 Å². The van der Waals surface area contributed by atoms with E-state index in [1.807, 2.05) is 55.5 Å². The van der Waals surface area contributed by atoms with Gasteiger partial charge in [-0.3, -0.25) is 9.69 Å². The monoisotopic (exact) mass is 462 g/mol. The molecule has 0 bridgehead atoms. The second-order valence-electron chi connectivity index (χ2n) is 7.75. The molecule has 3 rings (SSSR count). The minimum Gasteiger partial charge on any atom is -0.492 e. The lowest BCUT2D eigenvalue weighted by molar-refractivity contribution is -0.120. The summed E-state index contributed by atoms with van der Waals surface area (Å²) in [7, 11) is 2.15. The Balaban J connectivity index is 1.41. The Kier molecular flexibility index (Phi) is 9.53. The molecule has 0 saturated carbocycles. The molecule has 0 radical (unpaired) electrons. The predicted molar refractivity (Wildman–Crippen MR) is 127 cm³/mol. The van der Waals surface area contributed by atoms with E-state index in [1.54, 1.807) is 0 Å². The summed E-state index contributed by atoms with van der Waals surface area (Å²) in [6.07, 6.45) is 2.17. The molecule has 31 heavy (non-hydrogen) atoms. The summed E-state index contributed by atoms with van der Waals surface area (Å²) in [6.45, 7) is 5.59. The molecule has 0 spiro atoms. The van der Waals surface area contributed by atoms with Crippen molar-refractivity contribution in [2.24, 2.45) is 0 Å². The van der Waals surface area contributed by atoms with Gasteiger partial charge < -0.3 is 14.8 Å². The molecular weight excluding hydrogens is 432 g/mol. The number of hydrogen-bond donors (Lipinski definition) is 1. The summed E-state index contributed by atoms with van der Waals surface area (Å²) in [4.78, 5) is 15.8. The molecule has 2 aromatic carbocycles. The predicted octanol–water partition coefficient (Wildman–Crippen LogP) is 4.63. The first-order valence-electron chi connectivity index (χ1n) is 10.7. The van der Waals surface area contributed by atoms with Gasteiger partial charge >= 0.3 is 0 Å². The van der Waals surface area contributed by atoms with Crippen molar-refractivity contribution in [1.29, 1.82) is 0 Å². The molecule has 7 heteroatoms. The van der Waals surface area contributed by atoms with Gasteiger partial charge in [-0.25, -0.2) is 0 Å². The highest BCUT2D eigenvalue weighted by molar-refractivity contribution is 8.00. The molecule has 1 heterocycles. The van der Waals surface area contributed by atoms with Gasteiger partial charge in [0.2, 0.25) is 5.91 Å². The van der Waals surface area contributed by atoms with Crippen molar-refractivity contribution in [3.8, 4) is 5.75 Å². The molecule has 1 N–H and O–H groups in total. The normalized spacial score (nSPS) is 15.6. The zero-order valence-corrected chi connectivity index (χ0v) is 19.8. The standard InChI is InChI=1S/C24H31ClN2O3S/c1-18(31-23-8-6-20(25)7-9-23)24(28)26-17-19-4-3-5-22(16-19)30-15-12-27(2)21-10-13-29-14-11-21/h3-9,16,18,21H,10-15,17H2,1-2H3,(H,26,28). The van der Waals surface area contributed by atoms with E-state index in [0.29, 0.717) is 24.2 Å². The van der Waals surface area contributed by atoms with Gasteiger partial charge in [0.05, 0.1) is 5.25 Å². The molecule has 0 aliphatic carbocycles. The fourth-order valence-corrected chi connectivity index (χ4v) is 4.48. The van der Waals surface area contributed by atoms with Crippen LogP contribution in [0.1, 0.15) is 25.3 Å². The Bertz CT molecular complexity index is 828. The molecule has 1 saturated heterocycles. The van der Waals surface area contributed by atoms with Crippen molar-refractivity contribution in [1.82, 2.24) is 10.2 Å². The van der Waals surface area contributed by atoms with E-state index in [0.717, 1.165) is 48.8 Å². The van der Waals surface area contributed by atoms with E-state index >= 15 is 0 Å². The number of amides is 1. The Labute approximate surface area is 194 Å². The Morgan fingerprint density at radius 1 is 1.26 bits per heavy atom. The topological polar surface area (TPSA) is 50.8 Å². The lowest BCUT2D eigenvalue weighted by atomic mass is 10.1. The molecule has 1 aliphatic heterocycles. The summed E-state index contributed by atoms with van der Waals surface area (Å²) in [6, 6.07) is 16.0. The first-order valence-corrected chi connectivity index (χ1v) is 12.0. The number of likely N-dealkylation sites (N-methyl/N-ethyl adjacent to an activating group) is 1. The third-order valence-electron chi connectivity index (χ3n) is 5.39. The molecule has 2 aromatic rings. The van der Waals surface area contributed by atoms with Crippen molar-refractivity contribution < 1.29 is 14.3 Å². The van der Waals surface area contributed by atoms with Crippen LogP contribution in [0.3, 0.4) is 0 Å². The van der Waals surface area contributed by atoms with Gasteiger partial charge in [0.15, 0.2) is 0 Å². The molecule has 1 fully saturated rings. The van der Waals surface area contributed by atoms with Crippen molar-refractivity contribution in [3.63, 3.8) is 0 Å². The molecule has 1 unspecified atom stereocenters. The van der Waals surface area contributed by atoms with Crippen molar-refractivity contribution in [2.45, 2.75) is 42.5 Å². The Morgan fingerprint density at radius 2 is 2.00 bits per heavy atom. The first-order chi connectivity index (χ1) is 15.0. The van der Waals surface area contributed by atoms with E-state index in [4.69, 9.17) is 21.1 Å². The maximum atomic E-state index is 12.5. The highest BCUT2D eigenvalue weighted by atomic mass is 35.5. The fourth-order valence-electron chi connectivity index (χ4n) is 3.46. The number of carbonyl (C=O) groups excluding carboxylic acids is 1. The number of rotatable bonds is 10. The van der Waals surface area contributed by atoms with Gasteiger partial charge in [0, 0.05) is 42.3 Å². The maximum absolute atomic E-state index is 12.5. The maximum Gasteiger partial charge on any atom is 0.233 e.